The van der Waals surface area contributed by atoms with Crippen LogP contribution in [0, 0.1) is 24.2 Å². The summed E-state index contributed by atoms with van der Waals surface area (Å²) < 4.78 is 0. The summed E-state index contributed by atoms with van der Waals surface area (Å²) in [6, 6.07) is 7.81. The number of hydrogen-bond donors (Lipinski definition) is 2. The summed E-state index contributed by atoms with van der Waals surface area (Å²) in [4.78, 5) is 0. The largest absolute Gasteiger partial charge is 0.391 e. The minimum atomic E-state index is -0.285. The maximum absolute atomic E-state index is 9.74. The molecule has 3 heteroatoms. The molecular weight excluding hydrogens is 200 g/mol. The Balaban J connectivity index is 2.02. The lowest BCUT2D eigenvalue weighted by molar-refractivity contribution is 0.164. The van der Waals surface area contributed by atoms with Crippen LogP contribution in [0.15, 0.2) is 18.2 Å². The van der Waals surface area contributed by atoms with Gasteiger partial charge in [-0.15, -0.1) is 0 Å². The van der Waals surface area contributed by atoms with Crippen molar-refractivity contribution in [3.63, 3.8) is 0 Å². The van der Waals surface area contributed by atoms with Crippen LogP contribution in [-0.2, 0) is 0 Å². The van der Waals surface area contributed by atoms with Crippen LogP contribution in [-0.4, -0.2) is 17.8 Å². The zero-order valence-electron chi connectivity index (χ0n) is 9.40. The molecule has 1 aromatic rings. The van der Waals surface area contributed by atoms with Gasteiger partial charge in [0, 0.05) is 6.54 Å². The number of nitriles is 1. The summed E-state index contributed by atoms with van der Waals surface area (Å²) in [6.07, 6.45) is 1.97. The van der Waals surface area contributed by atoms with Gasteiger partial charge in [-0.05, 0) is 43.4 Å². The highest BCUT2D eigenvalue weighted by Crippen LogP contribution is 2.32. The first-order valence-electron chi connectivity index (χ1n) is 5.63. The molecule has 1 aliphatic rings. The third kappa shape index (κ3) is 2.53. The highest BCUT2D eigenvalue weighted by atomic mass is 16.3. The lowest BCUT2D eigenvalue weighted by Gasteiger charge is -2.13. The Labute approximate surface area is 95.7 Å². The molecule has 1 unspecified atom stereocenters. The molecule has 0 saturated heterocycles. The third-order valence-corrected chi connectivity index (χ3v) is 2.96. The number of aryl methyl sites for hydroxylation is 1. The van der Waals surface area contributed by atoms with E-state index in [2.05, 4.69) is 11.4 Å². The molecule has 3 nitrogen and oxygen atoms in total. The summed E-state index contributed by atoms with van der Waals surface area (Å²) in [6.45, 7) is 2.52. The SMILES string of the molecule is Cc1ccc(C#N)c(NCC(O)C2CC2)c1. The molecule has 0 radical (unpaired) electrons. The molecule has 0 heterocycles. The molecule has 0 spiro atoms. The average Bonchev–Trinajstić information content (AvgIpc) is 3.10. The average molecular weight is 216 g/mol. The van der Waals surface area contributed by atoms with Crippen LogP contribution in [0.4, 0.5) is 5.69 Å². The molecule has 1 aromatic carbocycles. The molecule has 2 N–H and O–H groups in total. The molecular formula is C13H16N2O. The van der Waals surface area contributed by atoms with E-state index in [1.807, 2.05) is 19.1 Å². The normalized spacial score (nSPS) is 16.6. The van der Waals surface area contributed by atoms with E-state index in [0.717, 1.165) is 24.1 Å². The van der Waals surface area contributed by atoms with Crippen LogP contribution in [0.5, 0.6) is 0 Å². The molecule has 84 valence electrons. The molecule has 0 aliphatic heterocycles. The fourth-order valence-corrected chi connectivity index (χ4v) is 1.76. The van der Waals surface area contributed by atoms with Gasteiger partial charge in [0.25, 0.3) is 0 Å². The monoisotopic (exact) mass is 216 g/mol. The summed E-state index contributed by atoms with van der Waals surface area (Å²) >= 11 is 0. The van der Waals surface area contributed by atoms with E-state index in [4.69, 9.17) is 5.26 Å². The number of aliphatic hydroxyl groups is 1. The highest BCUT2D eigenvalue weighted by Gasteiger charge is 2.29. The van der Waals surface area contributed by atoms with Gasteiger partial charge < -0.3 is 10.4 Å². The fourth-order valence-electron chi connectivity index (χ4n) is 1.76. The van der Waals surface area contributed by atoms with Crippen molar-refractivity contribution in [2.24, 2.45) is 5.92 Å². The molecule has 2 rings (SSSR count). The van der Waals surface area contributed by atoms with Crippen molar-refractivity contribution in [2.75, 3.05) is 11.9 Å². The first kappa shape index (κ1) is 11.0. The summed E-state index contributed by atoms with van der Waals surface area (Å²) in [5, 5.41) is 21.8. The van der Waals surface area contributed by atoms with Crippen LogP contribution in [0.2, 0.25) is 0 Å². The summed E-state index contributed by atoms with van der Waals surface area (Å²) in [5.74, 6) is 0.461. The second kappa shape index (κ2) is 4.54. The van der Waals surface area contributed by atoms with Crippen molar-refractivity contribution in [1.82, 2.24) is 0 Å². The lowest BCUT2D eigenvalue weighted by atomic mass is 10.1. The van der Waals surface area contributed by atoms with Crippen LogP contribution >= 0.6 is 0 Å². The summed E-state index contributed by atoms with van der Waals surface area (Å²) in [5.41, 5.74) is 2.57. The Morgan fingerprint density at radius 1 is 1.56 bits per heavy atom. The second-order valence-corrected chi connectivity index (χ2v) is 4.45. The smallest absolute Gasteiger partial charge is 0.101 e. The van der Waals surface area contributed by atoms with E-state index in [0.29, 0.717) is 18.0 Å². The fraction of sp³-hybridized carbons (Fsp3) is 0.462. The van der Waals surface area contributed by atoms with Crippen molar-refractivity contribution < 1.29 is 5.11 Å². The van der Waals surface area contributed by atoms with Crippen molar-refractivity contribution in [3.05, 3.63) is 29.3 Å². The maximum atomic E-state index is 9.74. The van der Waals surface area contributed by atoms with Gasteiger partial charge in [0.1, 0.15) is 6.07 Å². The van der Waals surface area contributed by atoms with Gasteiger partial charge in [0.2, 0.25) is 0 Å². The van der Waals surface area contributed by atoms with E-state index in [-0.39, 0.29) is 6.10 Å². The molecule has 1 fully saturated rings. The number of aliphatic hydroxyl groups excluding tert-OH is 1. The molecule has 0 aromatic heterocycles. The van der Waals surface area contributed by atoms with Gasteiger partial charge in [-0.3, -0.25) is 0 Å². The summed E-state index contributed by atoms with van der Waals surface area (Å²) in [7, 11) is 0. The molecule has 1 aliphatic carbocycles. The minimum absolute atomic E-state index is 0.285. The van der Waals surface area contributed by atoms with Crippen LogP contribution < -0.4 is 5.32 Å². The zero-order valence-corrected chi connectivity index (χ0v) is 9.40. The Morgan fingerprint density at radius 3 is 2.94 bits per heavy atom. The van der Waals surface area contributed by atoms with Crippen molar-refractivity contribution >= 4 is 5.69 Å². The van der Waals surface area contributed by atoms with E-state index >= 15 is 0 Å². The first-order valence-corrected chi connectivity index (χ1v) is 5.63. The molecule has 0 amide bonds. The van der Waals surface area contributed by atoms with E-state index in [1.165, 1.54) is 0 Å². The standard InChI is InChI=1S/C13H16N2O/c1-9-2-3-11(7-14)12(6-9)15-8-13(16)10-4-5-10/h2-3,6,10,13,15-16H,4-5,8H2,1H3. The third-order valence-electron chi connectivity index (χ3n) is 2.96. The van der Waals surface area contributed by atoms with Gasteiger partial charge in [0.05, 0.1) is 17.4 Å². The van der Waals surface area contributed by atoms with Gasteiger partial charge in [0.15, 0.2) is 0 Å². The second-order valence-electron chi connectivity index (χ2n) is 4.45. The predicted molar refractivity (Wildman–Crippen MR) is 63.1 cm³/mol. The quantitative estimate of drug-likeness (QED) is 0.809. The zero-order chi connectivity index (χ0) is 11.5. The molecule has 1 saturated carbocycles. The Hall–Kier alpha value is -1.53. The number of nitrogens with one attached hydrogen (secondary N) is 1. The predicted octanol–water partition coefficient (Wildman–Crippen LogP) is 2.05. The van der Waals surface area contributed by atoms with Crippen molar-refractivity contribution in [1.29, 1.82) is 5.26 Å². The number of anilines is 1. The van der Waals surface area contributed by atoms with Gasteiger partial charge >= 0.3 is 0 Å². The van der Waals surface area contributed by atoms with E-state index in [9.17, 15) is 5.11 Å². The maximum Gasteiger partial charge on any atom is 0.101 e. The Bertz CT molecular complexity index is 418. The number of nitrogens with zero attached hydrogens (tertiary/aromatic N) is 1. The van der Waals surface area contributed by atoms with Crippen LogP contribution in [0.3, 0.4) is 0 Å². The van der Waals surface area contributed by atoms with Crippen LogP contribution in [0.25, 0.3) is 0 Å². The van der Waals surface area contributed by atoms with E-state index < -0.39 is 0 Å². The number of hydrogen-bond acceptors (Lipinski definition) is 3. The minimum Gasteiger partial charge on any atom is -0.391 e. The number of benzene rings is 1. The van der Waals surface area contributed by atoms with Gasteiger partial charge in [-0.1, -0.05) is 6.07 Å². The molecule has 0 bridgehead atoms. The van der Waals surface area contributed by atoms with Crippen molar-refractivity contribution in [3.8, 4) is 6.07 Å². The Morgan fingerprint density at radius 2 is 2.31 bits per heavy atom. The van der Waals surface area contributed by atoms with Gasteiger partial charge in [-0.2, -0.15) is 5.26 Å². The number of rotatable bonds is 4. The molecule has 1 atom stereocenters. The van der Waals surface area contributed by atoms with Gasteiger partial charge in [-0.25, -0.2) is 0 Å². The Kier molecular flexibility index (Phi) is 3.12. The van der Waals surface area contributed by atoms with E-state index in [1.54, 1.807) is 6.07 Å². The topological polar surface area (TPSA) is 56.0 Å². The lowest BCUT2D eigenvalue weighted by Crippen LogP contribution is -2.21. The first-order chi connectivity index (χ1) is 7.70. The molecule has 16 heavy (non-hydrogen) atoms. The van der Waals surface area contributed by atoms with Crippen LogP contribution in [0.1, 0.15) is 24.0 Å². The van der Waals surface area contributed by atoms with Crippen molar-refractivity contribution in [2.45, 2.75) is 25.9 Å². The highest BCUT2D eigenvalue weighted by molar-refractivity contribution is 5.58.